The molecule has 0 saturated heterocycles. The van der Waals surface area contributed by atoms with Gasteiger partial charge in [0.25, 0.3) is 0 Å². The topological polar surface area (TPSA) is 22.1 Å². The lowest BCUT2D eigenvalue weighted by molar-refractivity contribution is 0.223. The molecular weight excluding hydrogens is 364 g/mol. The van der Waals surface area contributed by atoms with Gasteiger partial charge in [0.15, 0.2) is 10.9 Å². The highest BCUT2D eigenvalue weighted by molar-refractivity contribution is 9.09. The molecule has 1 aromatic carbocycles. The number of hydrogen-bond acceptors (Lipinski definition) is 4. The molecule has 0 aromatic heterocycles. The van der Waals surface area contributed by atoms with Crippen molar-refractivity contribution in [3.63, 3.8) is 0 Å². The molecule has 2 aliphatic rings. The molecule has 4 nitrogen and oxygen atoms in total. The number of hydrogen-bond donors (Lipinski definition) is 0. The van der Waals surface area contributed by atoms with Gasteiger partial charge in [-0.05, 0) is 40.0 Å². The van der Waals surface area contributed by atoms with Crippen LogP contribution < -0.4 is 0 Å². The number of likely N-dealkylation sites (N-methyl/N-ethyl adjacent to an activating group) is 1. The third-order valence-corrected chi connectivity index (χ3v) is 4.98. The Balaban J connectivity index is 1.82. The van der Waals surface area contributed by atoms with E-state index in [4.69, 9.17) is 16.6 Å². The van der Waals surface area contributed by atoms with Crippen LogP contribution >= 0.6 is 27.5 Å². The molecule has 0 bridgehead atoms. The first-order chi connectivity index (χ1) is 10.6. The molecule has 1 unspecified atom stereocenters. The van der Waals surface area contributed by atoms with Crippen LogP contribution in [-0.2, 0) is 6.54 Å². The summed E-state index contributed by atoms with van der Waals surface area (Å²) in [6, 6.07) is 8.06. The maximum atomic E-state index is 5.97. The van der Waals surface area contributed by atoms with E-state index in [2.05, 4.69) is 62.9 Å². The SMILES string of the molecule is CCCN1CN(Cc2ccc(Cl)cc2)C=C2C1=NC(Br)N2C. The summed E-state index contributed by atoms with van der Waals surface area (Å²) >= 11 is 9.57. The second-order valence-electron chi connectivity index (χ2n) is 5.67. The summed E-state index contributed by atoms with van der Waals surface area (Å²) in [5.74, 6) is 1.10. The molecular formula is C16H20BrClN4. The lowest BCUT2D eigenvalue weighted by Gasteiger charge is -2.37. The summed E-state index contributed by atoms with van der Waals surface area (Å²) in [6.07, 6.45) is 3.32. The number of fused-ring (bicyclic) bond motifs is 1. The van der Waals surface area contributed by atoms with E-state index in [0.29, 0.717) is 0 Å². The van der Waals surface area contributed by atoms with Gasteiger partial charge in [0.2, 0.25) is 0 Å². The van der Waals surface area contributed by atoms with E-state index in [9.17, 15) is 0 Å². The normalized spacial score (nSPS) is 20.9. The first kappa shape index (κ1) is 15.7. The Kier molecular flexibility index (Phi) is 4.64. The van der Waals surface area contributed by atoms with Gasteiger partial charge < -0.3 is 14.7 Å². The molecule has 0 radical (unpaired) electrons. The van der Waals surface area contributed by atoms with Gasteiger partial charge in [-0.2, -0.15) is 0 Å². The van der Waals surface area contributed by atoms with Crippen LogP contribution in [0.1, 0.15) is 18.9 Å². The molecule has 0 N–H and O–H groups in total. The molecule has 0 fully saturated rings. The van der Waals surface area contributed by atoms with Crippen LogP contribution in [0.3, 0.4) is 0 Å². The highest BCUT2D eigenvalue weighted by atomic mass is 79.9. The zero-order valence-corrected chi connectivity index (χ0v) is 15.2. The van der Waals surface area contributed by atoms with Crippen molar-refractivity contribution < 1.29 is 0 Å². The Hall–Kier alpha value is -1.20. The van der Waals surface area contributed by atoms with Crippen molar-refractivity contribution in [3.8, 4) is 0 Å². The smallest absolute Gasteiger partial charge is 0.180 e. The van der Waals surface area contributed by atoms with Gasteiger partial charge in [-0.15, -0.1) is 0 Å². The zero-order valence-electron chi connectivity index (χ0n) is 12.8. The van der Waals surface area contributed by atoms with Crippen LogP contribution in [0.25, 0.3) is 0 Å². The Morgan fingerprint density at radius 2 is 2.05 bits per heavy atom. The van der Waals surface area contributed by atoms with Crippen LogP contribution in [0.4, 0.5) is 0 Å². The molecule has 6 heteroatoms. The summed E-state index contributed by atoms with van der Waals surface area (Å²) < 4.78 is 0. The van der Waals surface area contributed by atoms with Crippen molar-refractivity contribution in [1.82, 2.24) is 14.7 Å². The van der Waals surface area contributed by atoms with Crippen molar-refractivity contribution in [2.24, 2.45) is 4.99 Å². The summed E-state index contributed by atoms with van der Waals surface area (Å²) in [5, 5.41) is 0.809. The van der Waals surface area contributed by atoms with E-state index >= 15 is 0 Å². The number of nitrogens with zero attached hydrogens (tertiary/aromatic N) is 4. The van der Waals surface area contributed by atoms with Gasteiger partial charge in [-0.25, -0.2) is 4.99 Å². The fraction of sp³-hybridized carbons (Fsp3) is 0.438. The summed E-state index contributed by atoms with van der Waals surface area (Å²) in [6.45, 7) is 4.95. The van der Waals surface area contributed by atoms with Crippen molar-refractivity contribution in [2.45, 2.75) is 25.0 Å². The number of aliphatic imine (C=N–C) groups is 1. The Morgan fingerprint density at radius 3 is 2.73 bits per heavy atom. The van der Waals surface area contributed by atoms with E-state index in [-0.39, 0.29) is 5.08 Å². The number of benzene rings is 1. The Morgan fingerprint density at radius 1 is 1.32 bits per heavy atom. The summed E-state index contributed by atoms with van der Waals surface area (Å²) in [7, 11) is 2.07. The molecule has 0 saturated carbocycles. The standard InChI is InChI=1S/C16H20BrClN4/c1-3-8-22-11-21(9-12-4-6-13(18)7-5-12)10-14-15(22)19-16(17)20(14)2/h4-7,10,16H,3,8-9,11H2,1-2H3. The largest absolute Gasteiger partial charge is 0.354 e. The molecule has 22 heavy (non-hydrogen) atoms. The summed E-state index contributed by atoms with van der Waals surface area (Å²) in [5.41, 5.74) is 2.43. The lowest BCUT2D eigenvalue weighted by Crippen LogP contribution is -2.45. The zero-order chi connectivity index (χ0) is 15.7. The average Bonchev–Trinajstić information content (AvgIpc) is 2.78. The van der Waals surface area contributed by atoms with E-state index in [1.165, 1.54) is 11.3 Å². The number of amidine groups is 1. The van der Waals surface area contributed by atoms with Gasteiger partial charge in [-0.1, -0.05) is 30.7 Å². The monoisotopic (exact) mass is 382 g/mol. The maximum absolute atomic E-state index is 5.97. The molecule has 118 valence electrons. The number of halogens is 2. The molecule has 2 heterocycles. The van der Waals surface area contributed by atoms with E-state index in [1.807, 2.05) is 12.1 Å². The average molecular weight is 384 g/mol. The number of alkyl halides is 1. The van der Waals surface area contributed by atoms with Crippen LogP contribution in [0.15, 0.2) is 41.2 Å². The Labute approximate surface area is 145 Å². The fourth-order valence-corrected chi connectivity index (χ4v) is 3.33. The molecule has 0 spiro atoms. The second-order valence-corrected chi connectivity index (χ2v) is 6.92. The van der Waals surface area contributed by atoms with Crippen LogP contribution in [0.5, 0.6) is 0 Å². The van der Waals surface area contributed by atoms with Crippen molar-refractivity contribution in [3.05, 3.63) is 46.7 Å². The highest BCUT2D eigenvalue weighted by Crippen LogP contribution is 2.29. The van der Waals surface area contributed by atoms with Crippen molar-refractivity contribution in [1.29, 1.82) is 0 Å². The van der Waals surface area contributed by atoms with Gasteiger partial charge in [-0.3, -0.25) is 0 Å². The molecule has 0 aliphatic carbocycles. The first-order valence-electron chi connectivity index (χ1n) is 7.49. The predicted molar refractivity (Wildman–Crippen MR) is 94.9 cm³/mol. The van der Waals surface area contributed by atoms with Gasteiger partial charge in [0.05, 0.1) is 12.4 Å². The highest BCUT2D eigenvalue weighted by Gasteiger charge is 2.33. The molecule has 3 rings (SSSR count). The minimum absolute atomic E-state index is 0.0311. The van der Waals surface area contributed by atoms with Gasteiger partial charge in [0.1, 0.15) is 0 Å². The molecule has 2 aliphatic heterocycles. The molecule has 1 atom stereocenters. The van der Waals surface area contributed by atoms with Crippen LogP contribution in [0.2, 0.25) is 5.02 Å². The van der Waals surface area contributed by atoms with E-state index in [1.54, 1.807) is 0 Å². The fourth-order valence-electron chi connectivity index (χ4n) is 2.79. The second kappa shape index (κ2) is 6.50. The van der Waals surface area contributed by atoms with E-state index < -0.39 is 0 Å². The third-order valence-electron chi connectivity index (χ3n) is 3.91. The quantitative estimate of drug-likeness (QED) is 0.585. The third kappa shape index (κ3) is 3.10. The van der Waals surface area contributed by atoms with Gasteiger partial charge >= 0.3 is 0 Å². The first-order valence-corrected chi connectivity index (χ1v) is 8.78. The van der Waals surface area contributed by atoms with Crippen molar-refractivity contribution >= 4 is 33.4 Å². The summed E-state index contributed by atoms with van der Waals surface area (Å²) in [4.78, 5) is 11.6. The lowest BCUT2D eigenvalue weighted by atomic mass is 10.2. The van der Waals surface area contributed by atoms with Crippen molar-refractivity contribution in [2.75, 3.05) is 20.3 Å². The Bertz CT molecular complexity index is 599. The number of rotatable bonds is 4. The van der Waals surface area contributed by atoms with E-state index in [0.717, 1.165) is 37.0 Å². The van der Waals surface area contributed by atoms with Crippen LogP contribution in [0, 0.1) is 0 Å². The molecule has 0 amide bonds. The maximum Gasteiger partial charge on any atom is 0.180 e. The van der Waals surface area contributed by atoms with Crippen LogP contribution in [-0.4, -0.2) is 45.9 Å². The minimum atomic E-state index is 0.0311. The predicted octanol–water partition coefficient (Wildman–Crippen LogP) is 3.69. The van der Waals surface area contributed by atoms with Gasteiger partial charge in [0, 0.05) is 31.4 Å². The molecule has 1 aromatic rings. The minimum Gasteiger partial charge on any atom is -0.354 e.